The van der Waals surface area contributed by atoms with Crippen LogP contribution in [0.4, 0.5) is 10.6 Å². The Kier molecular flexibility index (Phi) is 3.57. The molecule has 2 aromatic rings. The van der Waals surface area contributed by atoms with Gasteiger partial charge in [-0.3, -0.25) is 5.32 Å². The number of carbonyl (C=O) groups excluding carboxylic acids is 1. The van der Waals surface area contributed by atoms with Crippen LogP contribution < -0.4 is 10.1 Å². The van der Waals surface area contributed by atoms with Crippen LogP contribution in [0.1, 0.15) is 0 Å². The third kappa shape index (κ3) is 3.46. The topological polar surface area (TPSA) is 51.2 Å². The van der Waals surface area contributed by atoms with Gasteiger partial charge < -0.3 is 4.74 Å². The van der Waals surface area contributed by atoms with Gasteiger partial charge in [0, 0.05) is 11.2 Å². The van der Waals surface area contributed by atoms with E-state index in [9.17, 15) is 4.79 Å². The van der Waals surface area contributed by atoms with Gasteiger partial charge in [0.1, 0.15) is 11.6 Å². The van der Waals surface area contributed by atoms with E-state index in [-0.39, 0.29) is 0 Å². The van der Waals surface area contributed by atoms with Crippen LogP contribution in [0.15, 0.2) is 48.7 Å². The van der Waals surface area contributed by atoms with Gasteiger partial charge in [0.2, 0.25) is 0 Å². The number of para-hydroxylation sites is 1. The molecule has 86 valence electrons. The van der Waals surface area contributed by atoms with Crippen LogP contribution in [0.2, 0.25) is 5.02 Å². The summed E-state index contributed by atoms with van der Waals surface area (Å²) in [6.07, 6.45) is 0.895. The average molecular weight is 249 g/mol. The molecule has 0 fully saturated rings. The van der Waals surface area contributed by atoms with Gasteiger partial charge >= 0.3 is 6.09 Å². The highest BCUT2D eigenvalue weighted by Crippen LogP contribution is 2.13. The maximum atomic E-state index is 11.5. The highest BCUT2D eigenvalue weighted by atomic mass is 35.5. The molecule has 0 atom stereocenters. The highest BCUT2D eigenvalue weighted by molar-refractivity contribution is 6.30. The molecule has 0 aliphatic carbocycles. The standard InChI is InChI=1S/C12H9ClN2O2/c13-9-6-7-14-11(8-9)15-12(16)17-10-4-2-1-3-5-10/h1-8H,(H,14,15,16). The number of rotatable bonds is 2. The first kappa shape index (κ1) is 11.4. The van der Waals surface area contributed by atoms with E-state index in [0.717, 1.165) is 0 Å². The minimum Gasteiger partial charge on any atom is -0.410 e. The maximum Gasteiger partial charge on any atom is 0.418 e. The van der Waals surface area contributed by atoms with Crippen molar-refractivity contribution in [3.05, 3.63) is 53.7 Å². The summed E-state index contributed by atoms with van der Waals surface area (Å²) in [5, 5.41) is 2.97. The summed E-state index contributed by atoms with van der Waals surface area (Å²) in [5.41, 5.74) is 0. The van der Waals surface area contributed by atoms with Gasteiger partial charge in [-0.1, -0.05) is 29.8 Å². The Hall–Kier alpha value is -2.07. The van der Waals surface area contributed by atoms with Crippen LogP contribution in [0, 0.1) is 0 Å². The van der Waals surface area contributed by atoms with Crippen molar-refractivity contribution in [1.29, 1.82) is 0 Å². The van der Waals surface area contributed by atoms with Crippen molar-refractivity contribution in [3.63, 3.8) is 0 Å². The van der Waals surface area contributed by atoms with E-state index in [1.165, 1.54) is 12.3 Å². The molecule has 2 rings (SSSR count). The molecule has 0 radical (unpaired) electrons. The molecule has 0 aliphatic rings. The molecule has 0 aliphatic heterocycles. The van der Waals surface area contributed by atoms with Crippen molar-refractivity contribution < 1.29 is 9.53 Å². The lowest BCUT2D eigenvalue weighted by Crippen LogP contribution is -2.17. The molecular formula is C12H9ClN2O2. The van der Waals surface area contributed by atoms with Crippen LogP contribution in [0.5, 0.6) is 5.75 Å². The van der Waals surface area contributed by atoms with Gasteiger partial charge in [-0.2, -0.15) is 0 Å². The molecule has 1 aromatic carbocycles. The fraction of sp³-hybridized carbons (Fsp3) is 0. The van der Waals surface area contributed by atoms with Crippen molar-refractivity contribution in [2.75, 3.05) is 5.32 Å². The quantitative estimate of drug-likeness (QED) is 0.887. The van der Waals surface area contributed by atoms with Gasteiger partial charge in [0.25, 0.3) is 0 Å². The predicted octanol–water partition coefficient (Wildman–Crippen LogP) is 3.35. The van der Waals surface area contributed by atoms with Gasteiger partial charge in [0.05, 0.1) is 0 Å². The number of nitrogens with zero attached hydrogens (tertiary/aromatic N) is 1. The molecule has 0 bridgehead atoms. The first-order chi connectivity index (χ1) is 8.24. The molecule has 0 saturated carbocycles. The number of aromatic nitrogens is 1. The summed E-state index contributed by atoms with van der Waals surface area (Å²) < 4.78 is 5.03. The second-order valence-electron chi connectivity index (χ2n) is 3.19. The minimum absolute atomic E-state index is 0.346. The van der Waals surface area contributed by atoms with Crippen molar-refractivity contribution in [3.8, 4) is 5.75 Å². The van der Waals surface area contributed by atoms with E-state index < -0.39 is 6.09 Å². The molecule has 5 heteroatoms. The molecule has 0 unspecified atom stereocenters. The van der Waals surface area contributed by atoms with Crippen molar-refractivity contribution in [2.45, 2.75) is 0 Å². The van der Waals surface area contributed by atoms with Gasteiger partial charge in [-0.05, 0) is 24.3 Å². The van der Waals surface area contributed by atoms with Crippen LogP contribution in [0.3, 0.4) is 0 Å². The zero-order chi connectivity index (χ0) is 12.1. The van der Waals surface area contributed by atoms with E-state index in [2.05, 4.69) is 10.3 Å². The summed E-state index contributed by atoms with van der Waals surface area (Å²) in [5.74, 6) is 0.811. The zero-order valence-electron chi connectivity index (χ0n) is 8.76. The number of benzene rings is 1. The monoisotopic (exact) mass is 248 g/mol. The van der Waals surface area contributed by atoms with Gasteiger partial charge in [0.15, 0.2) is 0 Å². The molecule has 1 amide bonds. The molecule has 1 heterocycles. The summed E-state index contributed by atoms with van der Waals surface area (Å²) in [7, 11) is 0. The summed E-state index contributed by atoms with van der Waals surface area (Å²) in [4.78, 5) is 15.4. The van der Waals surface area contributed by atoms with Crippen LogP contribution in [-0.4, -0.2) is 11.1 Å². The van der Waals surface area contributed by atoms with Gasteiger partial charge in [-0.15, -0.1) is 0 Å². The second-order valence-corrected chi connectivity index (χ2v) is 3.62. The van der Waals surface area contributed by atoms with E-state index in [1.54, 1.807) is 30.3 Å². The van der Waals surface area contributed by atoms with E-state index in [4.69, 9.17) is 16.3 Å². The molecule has 4 nitrogen and oxygen atoms in total. The number of ether oxygens (including phenoxy) is 1. The average Bonchev–Trinajstić information content (AvgIpc) is 2.30. The Morgan fingerprint density at radius 2 is 2.00 bits per heavy atom. The van der Waals surface area contributed by atoms with Crippen molar-refractivity contribution in [2.24, 2.45) is 0 Å². The second kappa shape index (κ2) is 5.32. The minimum atomic E-state index is -0.606. The lowest BCUT2D eigenvalue weighted by atomic mass is 10.3. The Labute approximate surface area is 103 Å². The normalized spacial score (nSPS) is 9.71. The lowest BCUT2D eigenvalue weighted by molar-refractivity contribution is 0.215. The Morgan fingerprint density at radius 1 is 1.24 bits per heavy atom. The molecular weight excluding hydrogens is 240 g/mol. The zero-order valence-corrected chi connectivity index (χ0v) is 9.52. The maximum absolute atomic E-state index is 11.5. The molecule has 1 aromatic heterocycles. The Bertz CT molecular complexity index is 517. The summed E-state index contributed by atoms with van der Waals surface area (Å²) >= 11 is 5.76. The largest absolute Gasteiger partial charge is 0.418 e. The van der Waals surface area contributed by atoms with E-state index in [1.807, 2.05) is 6.07 Å². The fourth-order valence-corrected chi connectivity index (χ4v) is 1.36. The molecule has 17 heavy (non-hydrogen) atoms. The molecule has 0 spiro atoms. The fourth-order valence-electron chi connectivity index (χ4n) is 1.20. The van der Waals surface area contributed by atoms with E-state index >= 15 is 0 Å². The van der Waals surface area contributed by atoms with Crippen molar-refractivity contribution in [1.82, 2.24) is 4.98 Å². The Balaban J connectivity index is 1.98. The number of hydrogen-bond donors (Lipinski definition) is 1. The SMILES string of the molecule is O=C(Nc1cc(Cl)ccn1)Oc1ccccc1. The predicted molar refractivity (Wildman–Crippen MR) is 65.3 cm³/mol. The number of carbonyl (C=O) groups is 1. The number of anilines is 1. The van der Waals surface area contributed by atoms with Gasteiger partial charge in [-0.25, -0.2) is 9.78 Å². The number of nitrogens with one attached hydrogen (secondary N) is 1. The number of pyridine rings is 1. The van der Waals surface area contributed by atoms with E-state index in [0.29, 0.717) is 16.6 Å². The van der Waals surface area contributed by atoms with Crippen molar-refractivity contribution >= 4 is 23.5 Å². The number of hydrogen-bond acceptors (Lipinski definition) is 3. The summed E-state index contributed by atoms with van der Waals surface area (Å²) in [6.45, 7) is 0. The number of amides is 1. The van der Waals surface area contributed by atoms with Crippen LogP contribution in [0.25, 0.3) is 0 Å². The van der Waals surface area contributed by atoms with Crippen LogP contribution in [-0.2, 0) is 0 Å². The third-order valence-electron chi connectivity index (χ3n) is 1.91. The third-order valence-corrected chi connectivity index (χ3v) is 2.14. The summed E-state index contributed by atoms with van der Waals surface area (Å²) in [6, 6.07) is 11.9. The lowest BCUT2D eigenvalue weighted by Gasteiger charge is -2.05. The first-order valence-electron chi connectivity index (χ1n) is 4.89. The Morgan fingerprint density at radius 3 is 2.71 bits per heavy atom. The first-order valence-corrected chi connectivity index (χ1v) is 5.27. The molecule has 1 N–H and O–H groups in total. The highest BCUT2D eigenvalue weighted by Gasteiger charge is 2.05. The molecule has 0 saturated heterocycles. The number of halogens is 1. The van der Waals surface area contributed by atoms with Crippen LogP contribution >= 0.6 is 11.6 Å². The smallest absolute Gasteiger partial charge is 0.410 e.